The largest absolute Gasteiger partial charge is 0.481 e. The van der Waals surface area contributed by atoms with Gasteiger partial charge in [-0.25, -0.2) is 0 Å². The van der Waals surface area contributed by atoms with Gasteiger partial charge in [-0.2, -0.15) is 0 Å². The maximum Gasteiger partial charge on any atom is 0.311 e. The molecule has 2 aliphatic rings. The molecule has 1 N–H and O–H groups in total. The van der Waals surface area contributed by atoms with Crippen LogP contribution in [0.2, 0.25) is 0 Å². The van der Waals surface area contributed by atoms with Crippen molar-refractivity contribution >= 4 is 18.4 Å². The fourth-order valence-corrected chi connectivity index (χ4v) is 3.92. The normalized spacial score (nSPS) is 30.6. The zero-order valence-corrected chi connectivity index (χ0v) is 12.6. The minimum absolute atomic E-state index is 0. The Balaban J connectivity index is 0.00000147. The Morgan fingerprint density at radius 2 is 2.10 bits per heavy atom. The first kappa shape index (κ1) is 15.3. The van der Waals surface area contributed by atoms with E-state index in [4.69, 9.17) is 0 Å². The number of hydrogen-bond acceptors (Lipinski definition) is 2. The lowest BCUT2D eigenvalue weighted by Crippen LogP contribution is -2.36. The average Bonchev–Trinajstić information content (AvgIpc) is 2.96. The molecule has 1 aliphatic carbocycles. The van der Waals surface area contributed by atoms with E-state index in [1.54, 1.807) is 0 Å². The summed E-state index contributed by atoms with van der Waals surface area (Å²) in [5.74, 6) is -0.242. The highest BCUT2D eigenvalue weighted by atomic mass is 35.5. The Bertz CT molecular complexity index is 479. The third-order valence-corrected chi connectivity index (χ3v) is 5.15. The highest BCUT2D eigenvalue weighted by molar-refractivity contribution is 5.85. The van der Waals surface area contributed by atoms with E-state index in [-0.39, 0.29) is 12.4 Å². The SMILES string of the molecule is CC(c1ccccc1)N1C[C@@H]2CCC[C@@]2(C(=O)O)C1.Cl. The molecule has 3 nitrogen and oxygen atoms in total. The summed E-state index contributed by atoms with van der Waals surface area (Å²) in [6.45, 7) is 3.83. The summed E-state index contributed by atoms with van der Waals surface area (Å²) in [7, 11) is 0. The number of hydrogen-bond donors (Lipinski definition) is 1. The first-order valence-corrected chi connectivity index (χ1v) is 7.16. The summed E-state index contributed by atoms with van der Waals surface area (Å²) in [4.78, 5) is 14.0. The number of nitrogens with zero attached hydrogens (tertiary/aromatic N) is 1. The highest BCUT2D eigenvalue weighted by Gasteiger charge is 2.55. The number of rotatable bonds is 3. The Morgan fingerprint density at radius 1 is 1.40 bits per heavy atom. The van der Waals surface area contributed by atoms with Gasteiger partial charge >= 0.3 is 5.97 Å². The highest BCUT2D eigenvalue weighted by Crippen LogP contribution is 2.50. The van der Waals surface area contributed by atoms with Crippen molar-refractivity contribution in [3.05, 3.63) is 35.9 Å². The minimum atomic E-state index is -0.585. The van der Waals surface area contributed by atoms with Crippen LogP contribution < -0.4 is 0 Å². The molecule has 1 aromatic rings. The van der Waals surface area contributed by atoms with Gasteiger partial charge in [0.25, 0.3) is 0 Å². The van der Waals surface area contributed by atoms with Gasteiger partial charge in [0.1, 0.15) is 0 Å². The molecule has 20 heavy (non-hydrogen) atoms. The first-order chi connectivity index (χ1) is 9.13. The molecule has 0 spiro atoms. The van der Waals surface area contributed by atoms with Gasteiger partial charge in [0.15, 0.2) is 0 Å². The van der Waals surface area contributed by atoms with E-state index < -0.39 is 11.4 Å². The second-order valence-electron chi connectivity index (χ2n) is 6.07. The molecule has 0 aromatic heterocycles. The minimum Gasteiger partial charge on any atom is -0.481 e. The van der Waals surface area contributed by atoms with Crippen molar-refractivity contribution in [3.8, 4) is 0 Å². The van der Waals surface area contributed by atoms with Gasteiger partial charge in [-0.05, 0) is 31.2 Å². The zero-order valence-electron chi connectivity index (χ0n) is 11.8. The van der Waals surface area contributed by atoms with E-state index >= 15 is 0 Å². The number of carboxylic acid groups (broad SMARTS) is 1. The summed E-state index contributed by atoms with van der Waals surface area (Å²) in [5.41, 5.74) is 0.811. The maximum absolute atomic E-state index is 11.7. The van der Waals surface area contributed by atoms with Crippen molar-refractivity contribution < 1.29 is 9.90 Å². The van der Waals surface area contributed by atoms with Crippen LogP contribution >= 0.6 is 12.4 Å². The molecule has 3 atom stereocenters. The van der Waals surface area contributed by atoms with E-state index in [0.29, 0.717) is 18.5 Å². The standard InChI is InChI=1S/C16H21NO2.ClH/c1-12(13-6-3-2-4-7-13)17-10-14-8-5-9-16(14,11-17)15(18)19;/h2-4,6-7,12,14H,5,8-11H2,1H3,(H,18,19);1H/t12?,14-,16+;/m0./s1. The van der Waals surface area contributed by atoms with Crippen molar-refractivity contribution in [1.82, 2.24) is 4.90 Å². The number of aliphatic carboxylic acids is 1. The number of carbonyl (C=O) groups is 1. The second-order valence-corrected chi connectivity index (χ2v) is 6.07. The number of benzene rings is 1. The molecule has 0 bridgehead atoms. The van der Waals surface area contributed by atoms with E-state index in [9.17, 15) is 9.90 Å². The molecule has 0 amide bonds. The topological polar surface area (TPSA) is 40.5 Å². The van der Waals surface area contributed by atoms with Crippen LogP contribution in [0, 0.1) is 11.3 Å². The quantitative estimate of drug-likeness (QED) is 0.929. The van der Waals surface area contributed by atoms with Gasteiger partial charge in [-0.15, -0.1) is 12.4 Å². The number of halogens is 1. The maximum atomic E-state index is 11.7. The number of fused-ring (bicyclic) bond motifs is 1. The summed E-state index contributed by atoms with van der Waals surface area (Å²) in [5, 5.41) is 9.62. The van der Waals surface area contributed by atoms with Gasteiger partial charge in [0.2, 0.25) is 0 Å². The summed E-state index contributed by atoms with van der Waals surface area (Å²) in [6, 6.07) is 10.7. The van der Waals surface area contributed by atoms with Crippen LogP contribution in [0.15, 0.2) is 30.3 Å². The molecule has 1 saturated heterocycles. The molecule has 0 radical (unpaired) electrons. The molecule has 1 unspecified atom stereocenters. The lowest BCUT2D eigenvalue weighted by atomic mass is 9.81. The van der Waals surface area contributed by atoms with Crippen molar-refractivity contribution in [1.29, 1.82) is 0 Å². The molecule has 1 aliphatic heterocycles. The van der Waals surface area contributed by atoms with Crippen LogP contribution in [-0.2, 0) is 4.79 Å². The Kier molecular flexibility index (Phi) is 4.40. The molecule has 3 rings (SSSR count). The number of likely N-dealkylation sites (tertiary alicyclic amines) is 1. The van der Waals surface area contributed by atoms with Crippen molar-refractivity contribution in [2.45, 2.75) is 32.2 Å². The summed E-state index contributed by atoms with van der Waals surface area (Å²) in [6.07, 6.45) is 3.00. The molecular formula is C16H22ClNO2. The van der Waals surface area contributed by atoms with Gasteiger partial charge < -0.3 is 5.11 Å². The van der Waals surface area contributed by atoms with Crippen molar-refractivity contribution in [2.24, 2.45) is 11.3 Å². The van der Waals surface area contributed by atoms with E-state index in [1.807, 2.05) is 6.07 Å². The third kappa shape index (κ3) is 2.33. The fraction of sp³-hybridized carbons (Fsp3) is 0.562. The fourth-order valence-electron chi connectivity index (χ4n) is 3.92. The van der Waals surface area contributed by atoms with Crippen LogP contribution in [0.3, 0.4) is 0 Å². The van der Waals surface area contributed by atoms with E-state index in [0.717, 1.165) is 25.8 Å². The smallest absolute Gasteiger partial charge is 0.311 e. The van der Waals surface area contributed by atoms with Crippen LogP contribution in [0.4, 0.5) is 0 Å². The molecular weight excluding hydrogens is 274 g/mol. The molecule has 110 valence electrons. The zero-order chi connectivity index (χ0) is 13.5. The van der Waals surface area contributed by atoms with Crippen molar-refractivity contribution in [3.63, 3.8) is 0 Å². The van der Waals surface area contributed by atoms with Crippen LogP contribution in [0.5, 0.6) is 0 Å². The Hall–Kier alpha value is -1.06. The first-order valence-electron chi connectivity index (χ1n) is 7.16. The van der Waals surface area contributed by atoms with E-state index in [2.05, 4.69) is 36.1 Å². The lowest BCUT2D eigenvalue weighted by molar-refractivity contribution is -0.149. The lowest BCUT2D eigenvalue weighted by Gasteiger charge is -2.27. The third-order valence-electron chi connectivity index (χ3n) is 5.15. The Morgan fingerprint density at radius 3 is 2.70 bits per heavy atom. The molecule has 2 fully saturated rings. The van der Waals surface area contributed by atoms with E-state index in [1.165, 1.54) is 5.56 Å². The predicted octanol–water partition coefficient (Wildman–Crippen LogP) is 3.36. The van der Waals surface area contributed by atoms with Crippen LogP contribution in [0.1, 0.15) is 37.8 Å². The van der Waals surface area contributed by atoms with Crippen LogP contribution in [-0.4, -0.2) is 29.1 Å². The summed E-state index contributed by atoms with van der Waals surface area (Å²) >= 11 is 0. The molecule has 4 heteroatoms. The average molecular weight is 296 g/mol. The van der Waals surface area contributed by atoms with Gasteiger partial charge in [-0.1, -0.05) is 36.8 Å². The van der Waals surface area contributed by atoms with Gasteiger partial charge in [-0.3, -0.25) is 9.69 Å². The predicted molar refractivity (Wildman–Crippen MR) is 81.1 cm³/mol. The molecule has 1 aromatic carbocycles. The van der Waals surface area contributed by atoms with Crippen molar-refractivity contribution in [2.75, 3.05) is 13.1 Å². The Labute approximate surface area is 126 Å². The molecule has 1 heterocycles. The van der Waals surface area contributed by atoms with Gasteiger partial charge in [0.05, 0.1) is 5.41 Å². The molecule has 1 saturated carbocycles. The number of carboxylic acids is 1. The van der Waals surface area contributed by atoms with Gasteiger partial charge in [0, 0.05) is 19.1 Å². The summed E-state index contributed by atoms with van der Waals surface area (Å²) < 4.78 is 0. The second kappa shape index (κ2) is 5.74. The van der Waals surface area contributed by atoms with Crippen LogP contribution in [0.25, 0.3) is 0 Å². The monoisotopic (exact) mass is 295 g/mol.